The molecule has 0 fully saturated rings. The molecule has 4 heteroatoms. The first-order valence-electron chi connectivity index (χ1n) is 7.68. The number of methoxy groups -OCH3 is 2. The summed E-state index contributed by atoms with van der Waals surface area (Å²) in [6.07, 6.45) is 0. The minimum atomic E-state index is 0.380. The highest BCUT2D eigenvalue weighted by atomic mass is 16.5. The SMILES string of the molecule is CCN(c1ccc(CNCCOC)c(C)c1)C(C)COC. The molecule has 0 heterocycles. The average Bonchev–Trinajstić information content (AvgIpc) is 2.46. The zero-order valence-corrected chi connectivity index (χ0v) is 14.1. The van der Waals surface area contributed by atoms with Gasteiger partial charge in [-0.1, -0.05) is 6.07 Å². The van der Waals surface area contributed by atoms with Crippen LogP contribution in [0.5, 0.6) is 0 Å². The van der Waals surface area contributed by atoms with E-state index in [0.717, 1.165) is 32.8 Å². The summed E-state index contributed by atoms with van der Waals surface area (Å²) in [4.78, 5) is 2.37. The van der Waals surface area contributed by atoms with Gasteiger partial charge in [0.25, 0.3) is 0 Å². The van der Waals surface area contributed by atoms with E-state index in [9.17, 15) is 0 Å². The fraction of sp³-hybridized carbons (Fsp3) is 0.647. The molecule has 0 aliphatic heterocycles. The lowest BCUT2D eigenvalue weighted by atomic mass is 10.1. The van der Waals surface area contributed by atoms with Crippen molar-refractivity contribution in [2.24, 2.45) is 0 Å². The van der Waals surface area contributed by atoms with Crippen molar-refractivity contribution in [1.29, 1.82) is 0 Å². The van der Waals surface area contributed by atoms with Crippen LogP contribution in [0.2, 0.25) is 0 Å². The van der Waals surface area contributed by atoms with E-state index in [2.05, 4.69) is 49.2 Å². The monoisotopic (exact) mass is 294 g/mol. The maximum atomic E-state index is 5.27. The molecule has 1 aromatic rings. The third-order valence-corrected chi connectivity index (χ3v) is 3.74. The van der Waals surface area contributed by atoms with E-state index in [-0.39, 0.29) is 0 Å². The molecule has 0 saturated carbocycles. The highest BCUT2D eigenvalue weighted by Gasteiger charge is 2.13. The summed E-state index contributed by atoms with van der Waals surface area (Å²) in [6.45, 7) is 10.8. The Bertz CT molecular complexity index is 410. The quantitative estimate of drug-likeness (QED) is 0.673. The van der Waals surface area contributed by atoms with Crippen molar-refractivity contribution in [2.75, 3.05) is 45.4 Å². The fourth-order valence-corrected chi connectivity index (χ4v) is 2.53. The first-order valence-corrected chi connectivity index (χ1v) is 7.68. The van der Waals surface area contributed by atoms with Crippen molar-refractivity contribution in [2.45, 2.75) is 33.4 Å². The van der Waals surface area contributed by atoms with Crippen molar-refractivity contribution in [3.8, 4) is 0 Å². The molecular formula is C17H30N2O2. The highest BCUT2D eigenvalue weighted by Crippen LogP contribution is 2.21. The molecule has 1 aromatic carbocycles. The van der Waals surface area contributed by atoms with Gasteiger partial charge >= 0.3 is 0 Å². The van der Waals surface area contributed by atoms with Crippen molar-refractivity contribution in [3.63, 3.8) is 0 Å². The highest BCUT2D eigenvalue weighted by molar-refractivity contribution is 5.51. The number of aryl methyl sites for hydroxylation is 1. The maximum absolute atomic E-state index is 5.27. The molecule has 120 valence electrons. The number of nitrogens with one attached hydrogen (secondary N) is 1. The van der Waals surface area contributed by atoms with Crippen LogP contribution >= 0.6 is 0 Å². The summed E-state index contributed by atoms with van der Waals surface area (Å²) < 4.78 is 10.3. The van der Waals surface area contributed by atoms with E-state index in [4.69, 9.17) is 9.47 Å². The molecule has 0 radical (unpaired) electrons. The van der Waals surface area contributed by atoms with E-state index in [1.54, 1.807) is 14.2 Å². The lowest BCUT2D eigenvalue weighted by molar-refractivity contribution is 0.182. The van der Waals surface area contributed by atoms with Gasteiger partial charge in [0.05, 0.1) is 13.2 Å². The van der Waals surface area contributed by atoms with Gasteiger partial charge in [-0.05, 0) is 44.0 Å². The second-order valence-electron chi connectivity index (χ2n) is 5.37. The summed E-state index contributed by atoms with van der Waals surface area (Å²) >= 11 is 0. The van der Waals surface area contributed by atoms with Crippen molar-refractivity contribution in [3.05, 3.63) is 29.3 Å². The van der Waals surface area contributed by atoms with Crippen LogP contribution in [0.3, 0.4) is 0 Å². The van der Waals surface area contributed by atoms with Crippen LogP contribution in [0.1, 0.15) is 25.0 Å². The number of rotatable bonds is 10. The fourth-order valence-electron chi connectivity index (χ4n) is 2.53. The van der Waals surface area contributed by atoms with Crippen LogP contribution < -0.4 is 10.2 Å². The van der Waals surface area contributed by atoms with Gasteiger partial charge in [0.15, 0.2) is 0 Å². The molecule has 0 aliphatic rings. The predicted octanol–water partition coefficient (Wildman–Crippen LogP) is 2.59. The van der Waals surface area contributed by atoms with Crippen LogP contribution in [0.25, 0.3) is 0 Å². The number of hydrogen-bond acceptors (Lipinski definition) is 4. The van der Waals surface area contributed by atoms with E-state index in [1.165, 1.54) is 16.8 Å². The van der Waals surface area contributed by atoms with Gasteiger partial charge in [-0.15, -0.1) is 0 Å². The number of hydrogen-bond donors (Lipinski definition) is 1. The van der Waals surface area contributed by atoms with Crippen LogP contribution in [-0.4, -0.2) is 46.6 Å². The Labute approximate surface area is 129 Å². The molecule has 1 atom stereocenters. The number of ether oxygens (including phenoxy) is 2. The molecule has 0 saturated heterocycles. The first-order chi connectivity index (χ1) is 10.1. The van der Waals surface area contributed by atoms with Crippen LogP contribution in [0, 0.1) is 6.92 Å². The van der Waals surface area contributed by atoms with Gasteiger partial charge in [-0.3, -0.25) is 0 Å². The smallest absolute Gasteiger partial charge is 0.0663 e. The van der Waals surface area contributed by atoms with Crippen LogP contribution in [0.4, 0.5) is 5.69 Å². The second kappa shape index (κ2) is 9.77. The molecule has 0 spiro atoms. The zero-order valence-electron chi connectivity index (χ0n) is 14.1. The molecule has 1 unspecified atom stereocenters. The van der Waals surface area contributed by atoms with Crippen LogP contribution in [0.15, 0.2) is 18.2 Å². The first kappa shape index (κ1) is 18.0. The Morgan fingerprint density at radius 1 is 1.24 bits per heavy atom. The Balaban J connectivity index is 2.71. The van der Waals surface area contributed by atoms with Gasteiger partial charge in [-0.2, -0.15) is 0 Å². The normalized spacial score (nSPS) is 12.4. The van der Waals surface area contributed by atoms with Gasteiger partial charge in [0.2, 0.25) is 0 Å². The third kappa shape index (κ3) is 5.65. The van der Waals surface area contributed by atoms with E-state index >= 15 is 0 Å². The molecule has 4 nitrogen and oxygen atoms in total. The third-order valence-electron chi connectivity index (χ3n) is 3.74. The lowest BCUT2D eigenvalue weighted by Crippen LogP contribution is -2.36. The topological polar surface area (TPSA) is 33.7 Å². The molecule has 1 rings (SSSR count). The van der Waals surface area contributed by atoms with Gasteiger partial charge in [0.1, 0.15) is 0 Å². The predicted molar refractivity (Wildman–Crippen MR) is 89.1 cm³/mol. The minimum Gasteiger partial charge on any atom is -0.383 e. The molecule has 1 N–H and O–H groups in total. The largest absolute Gasteiger partial charge is 0.383 e. The summed E-state index contributed by atoms with van der Waals surface area (Å²) in [5, 5.41) is 3.39. The van der Waals surface area contributed by atoms with Gasteiger partial charge in [-0.25, -0.2) is 0 Å². The Morgan fingerprint density at radius 2 is 2.00 bits per heavy atom. The lowest BCUT2D eigenvalue weighted by Gasteiger charge is -2.30. The summed E-state index contributed by atoms with van der Waals surface area (Å²) in [5.41, 5.74) is 3.92. The summed E-state index contributed by atoms with van der Waals surface area (Å²) in [6, 6.07) is 7.07. The number of likely N-dealkylation sites (N-methyl/N-ethyl adjacent to an activating group) is 1. The van der Waals surface area contributed by atoms with E-state index in [0.29, 0.717) is 6.04 Å². The maximum Gasteiger partial charge on any atom is 0.0663 e. The zero-order chi connectivity index (χ0) is 15.7. The minimum absolute atomic E-state index is 0.380. The Hall–Kier alpha value is -1.10. The van der Waals surface area contributed by atoms with Crippen LogP contribution in [-0.2, 0) is 16.0 Å². The van der Waals surface area contributed by atoms with E-state index in [1.807, 2.05) is 0 Å². The number of anilines is 1. The molecule has 0 amide bonds. The Kier molecular flexibility index (Phi) is 8.35. The molecule has 0 aliphatic carbocycles. The second-order valence-corrected chi connectivity index (χ2v) is 5.37. The summed E-state index contributed by atoms with van der Waals surface area (Å²) in [5.74, 6) is 0. The van der Waals surface area contributed by atoms with Crippen molar-refractivity contribution in [1.82, 2.24) is 5.32 Å². The molecule has 0 aromatic heterocycles. The Morgan fingerprint density at radius 3 is 2.57 bits per heavy atom. The standard InChI is InChI=1S/C17H30N2O2/c1-6-19(15(3)13-21-5)17-8-7-16(14(2)11-17)12-18-9-10-20-4/h7-8,11,15,18H,6,9-10,12-13H2,1-5H3. The van der Waals surface area contributed by atoms with Gasteiger partial charge < -0.3 is 19.7 Å². The van der Waals surface area contributed by atoms with Gasteiger partial charge in [0, 0.05) is 45.6 Å². The number of benzene rings is 1. The molecule has 21 heavy (non-hydrogen) atoms. The van der Waals surface area contributed by atoms with E-state index < -0.39 is 0 Å². The average molecular weight is 294 g/mol. The number of nitrogens with zero attached hydrogens (tertiary/aromatic N) is 1. The summed E-state index contributed by atoms with van der Waals surface area (Å²) in [7, 11) is 3.48. The van der Waals surface area contributed by atoms with Crippen molar-refractivity contribution >= 4 is 5.69 Å². The van der Waals surface area contributed by atoms with Crippen molar-refractivity contribution < 1.29 is 9.47 Å². The molecule has 0 bridgehead atoms. The molecular weight excluding hydrogens is 264 g/mol.